The second-order valence-corrected chi connectivity index (χ2v) is 6.62. The number of nitrogens with two attached hydrogens (primary N) is 1. The van der Waals surface area contributed by atoms with Gasteiger partial charge in [-0.1, -0.05) is 6.07 Å². The van der Waals surface area contributed by atoms with Crippen molar-refractivity contribution in [2.24, 2.45) is 0 Å². The van der Waals surface area contributed by atoms with Gasteiger partial charge in [-0.15, -0.1) is 0 Å². The van der Waals surface area contributed by atoms with Crippen molar-refractivity contribution >= 4 is 16.5 Å². The predicted molar refractivity (Wildman–Crippen MR) is 70.3 cm³/mol. The Labute approximate surface area is 105 Å². The van der Waals surface area contributed by atoms with Crippen LogP contribution in [-0.2, 0) is 15.5 Å². The molecule has 2 unspecified atom stereocenters. The van der Waals surface area contributed by atoms with Gasteiger partial charge in [0.2, 0.25) is 0 Å². The van der Waals surface area contributed by atoms with Crippen molar-refractivity contribution in [1.82, 2.24) is 0 Å². The van der Waals surface area contributed by atoms with Crippen molar-refractivity contribution in [3.63, 3.8) is 0 Å². The molecule has 0 bridgehead atoms. The monoisotopic (exact) mass is 253 g/mol. The average Bonchev–Trinajstić information content (AvgIpc) is 2.58. The van der Waals surface area contributed by atoms with E-state index < -0.39 is 10.8 Å². The molecule has 1 aromatic carbocycles. The third-order valence-corrected chi connectivity index (χ3v) is 4.47. The summed E-state index contributed by atoms with van der Waals surface area (Å²) in [6.07, 6.45) is 2.12. The number of benzene rings is 1. The SMILES string of the molecule is CC1(C)CCC(CS(=O)c2cccc(N)c2)O1. The Morgan fingerprint density at radius 1 is 1.53 bits per heavy atom. The van der Waals surface area contributed by atoms with Crippen LogP contribution in [0.15, 0.2) is 29.2 Å². The summed E-state index contributed by atoms with van der Waals surface area (Å²) in [5.74, 6) is 0.562. The van der Waals surface area contributed by atoms with Crippen molar-refractivity contribution in [3.8, 4) is 0 Å². The normalized spacial score (nSPS) is 24.7. The molecule has 2 atom stereocenters. The van der Waals surface area contributed by atoms with E-state index in [1.807, 2.05) is 12.1 Å². The second-order valence-electron chi connectivity index (χ2n) is 5.12. The van der Waals surface area contributed by atoms with Crippen LogP contribution in [-0.4, -0.2) is 21.7 Å². The van der Waals surface area contributed by atoms with Gasteiger partial charge in [-0.25, -0.2) is 0 Å². The van der Waals surface area contributed by atoms with E-state index >= 15 is 0 Å². The molecule has 4 heteroatoms. The van der Waals surface area contributed by atoms with Crippen molar-refractivity contribution in [2.75, 3.05) is 11.5 Å². The van der Waals surface area contributed by atoms with E-state index in [9.17, 15) is 4.21 Å². The maximum absolute atomic E-state index is 12.1. The smallest absolute Gasteiger partial charge is 0.0702 e. The van der Waals surface area contributed by atoms with Crippen LogP contribution >= 0.6 is 0 Å². The third-order valence-electron chi connectivity index (χ3n) is 3.01. The van der Waals surface area contributed by atoms with Crippen molar-refractivity contribution in [1.29, 1.82) is 0 Å². The maximum Gasteiger partial charge on any atom is 0.0702 e. The molecule has 1 aromatic rings. The first-order valence-electron chi connectivity index (χ1n) is 5.88. The first-order chi connectivity index (χ1) is 7.96. The lowest BCUT2D eigenvalue weighted by Gasteiger charge is -2.19. The summed E-state index contributed by atoms with van der Waals surface area (Å²) in [5.41, 5.74) is 6.27. The fraction of sp³-hybridized carbons (Fsp3) is 0.538. The van der Waals surface area contributed by atoms with Gasteiger partial charge in [0.1, 0.15) is 0 Å². The number of anilines is 1. The van der Waals surface area contributed by atoms with Gasteiger partial charge in [0.05, 0.1) is 28.3 Å². The molecule has 17 heavy (non-hydrogen) atoms. The largest absolute Gasteiger partial charge is 0.399 e. The average molecular weight is 253 g/mol. The second kappa shape index (κ2) is 4.78. The number of nitrogen functional groups attached to an aromatic ring is 1. The van der Waals surface area contributed by atoms with Gasteiger partial charge < -0.3 is 10.5 Å². The number of hydrogen-bond acceptors (Lipinski definition) is 3. The summed E-state index contributed by atoms with van der Waals surface area (Å²) in [7, 11) is -1.02. The lowest BCUT2D eigenvalue weighted by atomic mass is 10.1. The Bertz CT molecular complexity index is 431. The molecule has 1 saturated heterocycles. The van der Waals surface area contributed by atoms with Crippen molar-refractivity contribution in [3.05, 3.63) is 24.3 Å². The standard InChI is InChI=1S/C13H19NO2S/c1-13(2)7-6-11(16-13)9-17(15)12-5-3-4-10(14)8-12/h3-5,8,11H,6-7,9,14H2,1-2H3. The summed E-state index contributed by atoms with van der Waals surface area (Å²) >= 11 is 0. The first-order valence-corrected chi connectivity index (χ1v) is 7.20. The van der Waals surface area contributed by atoms with Gasteiger partial charge in [-0.3, -0.25) is 4.21 Å². The molecule has 0 aliphatic carbocycles. The minimum atomic E-state index is -1.02. The summed E-state index contributed by atoms with van der Waals surface area (Å²) < 4.78 is 18.0. The lowest BCUT2D eigenvalue weighted by molar-refractivity contribution is -0.00498. The van der Waals surface area contributed by atoms with Crippen LogP contribution in [0.4, 0.5) is 5.69 Å². The molecule has 1 heterocycles. The van der Waals surface area contributed by atoms with E-state index in [1.165, 1.54) is 0 Å². The molecule has 1 aliphatic rings. The van der Waals surface area contributed by atoms with Gasteiger partial charge in [-0.05, 0) is 44.9 Å². The van der Waals surface area contributed by atoms with Gasteiger partial charge >= 0.3 is 0 Å². The fourth-order valence-corrected chi connectivity index (χ4v) is 3.38. The van der Waals surface area contributed by atoms with Gasteiger partial charge in [0.15, 0.2) is 0 Å². The Kier molecular flexibility index (Phi) is 3.54. The lowest BCUT2D eigenvalue weighted by Crippen LogP contribution is -2.23. The topological polar surface area (TPSA) is 52.3 Å². The molecule has 0 amide bonds. The first kappa shape index (κ1) is 12.6. The zero-order valence-corrected chi connectivity index (χ0v) is 11.1. The van der Waals surface area contributed by atoms with Crippen LogP contribution in [0.1, 0.15) is 26.7 Å². The molecule has 1 aliphatic heterocycles. The molecular weight excluding hydrogens is 234 g/mol. The van der Waals surface area contributed by atoms with E-state index in [0.29, 0.717) is 11.4 Å². The predicted octanol–water partition coefficient (Wildman–Crippen LogP) is 2.33. The van der Waals surface area contributed by atoms with E-state index in [4.69, 9.17) is 10.5 Å². The number of ether oxygens (including phenoxy) is 1. The van der Waals surface area contributed by atoms with E-state index in [0.717, 1.165) is 17.7 Å². The molecule has 2 rings (SSSR count). The summed E-state index contributed by atoms with van der Waals surface area (Å²) in [4.78, 5) is 0.790. The summed E-state index contributed by atoms with van der Waals surface area (Å²) in [5, 5.41) is 0. The van der Waals surface area contributed by atoms with E-state index in [2.05, 4.69) is 13.8 Å². The highest BCUT2D eigenvalue weighted by Crippen LogP contribution is 2.30. The Morgan fingerprint density at radius 2 is 2.29 bits per heavy atom. The molecule has 0 spiro atoms. The molecule has 1 fully saturated rings. The van der Waals surface area contributed by atoms with E-state index in [1.54, 1.807) is 12.1 Å². The molecule has 2 N–H and O–H groups in total. The minimum Gasteiger partial charge on any atom is -0.399 e. The molecule has 94 valence electrons. The highest BCUT2D eigenvalue weighted by Gasteiger charge is 2.32. The van der Waals surface area contributed by atoms with E-state index in [-0.39, 0.29) is 11.7 Å². The Hall–Kier alpha value is -0.870. The zero-order valence-electron chi connectivity index (χ0n) is 10.3. The molecular formula is C13H19NO2S. The van der Waals surface area contributed by atoms with Crippen LogP contribution < -0.4 is 5.73 Å². The van der Waals surface area contributed by atoms with Crippen LogP contribution in [0.2, 0.25) is 0 Å². The van der Waals surface area contributed by atoms with Crippen LogP contribution in [0.3, 0.4) is 0 Å². The minimum absolute atomic E-state index is 0.0649. The Morgan fingerprint density at radius 3 is 2.88 bits per heavy atom. The molecule has 3 nitrogen and oxygen atoms in total. The maximum atomic E-state index is 12.1. The number of rotatable bonds is 3. The van der Waals surface area contributed by atoms with Crippen molar-refractivity contribution < 1.29 is 8.95 Å². The van der Waals surface area contributed by atoms with Gasteiger partial charge in [-0.2, -0.15) is 0 Å². The summed E-state index contributed by atoms with van der Waals surface area (Å²) in [6.45, 7) is 4.16. The van der Waals surface area contributed by atoms with Crippen LogP contribution in [0, 0.1) is 0 Å². The van der Waals surface area contributed by atoms with Crippen LogP contribution in [0.5, 0.6) is 0 Å². The van der Waals surface area contributed by atoms with Crippen LogP contribution in [0.25, 0.3) is 0 Å². The Balaban J connectivity index is 1.98. The number of hydrogen-bond donors (Lipinski definition) is 1. The van der Waals surface area contributed by atoms with Crippen molar-refractivity contribution in [2.45, 2.75) is 43.3 Å². The quantitative estimate of drug-likeness (QED) is 0.841. The molecule has 0 aromatic heterocycles. The van der Waals surface area contributed by atoms with Gasteiger partial charge in [0, 0.05) is 10.6 Å². The van der Waals surface area contributed by atoms with Gasteiger partial charge in [0.25, 0.3) is 0 Å². The third kappa shape index (κ3) is 3.30. The summed E-state index contributed by atoms with van der Waals surface area (Å²) in [6, 6.07) is 7.26. The zero-order chi connectivity index (χ0) is 12.5. The molecule has 0 radical (unpaired) electrons. The molecule has 0 saturated carbocycles. The highest BCUT2D eigenvalue weighted by atomic mass is 32.2. The highest BCUT2D eigenvalue weighted by molar-refractivity contribution is 7.85. The fourth-order valence-electron chi connectivity index (χ4n) is 2.12.